The standard InChI is InChI=1S/C18H36Cl3P/c1-4-16(19)10-7-13-22(14-8-11-17(20)5-2)15-9-12-18(21)6-3/h16-18H,4-15H2,1-3H3. The zero-order chi connectivity index (χ0) is 16.8. The second kappa shape index (κ2) is 15.8. The summed E-state index contributed by atoms with van der Waals surface area (Å²) in [5.41, 5.74) is 0. The summed E-state index contributed by atoms with van der Waals surface area (Å²) in [6, 6.07) is 0. The summed E-state index contributed by atoms with van der Waals surface area (Å²) in [6.07, 6.45) is 14.9. The molecule has 3 atom stereocenters. The number of halogens is 3. The summed E-state index contributed by atoms with van der Waals surface area (Å²) in [7, 11) is 0.156. The van der Waals surface area contributed by atoms with Crippen LogP contribution in [0.2, 0.25) is 0 Å². The van der Waals surface area contributed by atoms with E-state index in [4.69, 9.17) is 34.8 Å². The molecule has 22 heavy (non-hydrogen) atoms. The van der Waals surface area contributed by atoms with Crippen LogP contribution in [0.4, 0.5) is 0 Å². The predicted molar refractivity (Wildman–Crippen MR) is 109 cm³/mol. The van der Waals surface area contributed by atoms with E-state index < -0.39 is 0 Å². The highest BCUT2D eigenvalue weighted by molar-refractivity contribution is 7.57. The highest BCUT2D eigenvalue weighted by atomic mass is 35.5. The van der Waals surface area contributed by atoms with Gasteiger partial charge in [-0.05, 0) is 76.3 Å². The zero-order valence-corrected chi connectivity index (χ0v) is 18.0. The minimum atomic E-state index is 0.156. The minimum absolute atomic E-state index is 0.156. The molecule has 0 saturated heterocycles. The molecule has 0 aromatic carbocycles. The van der Waals surface area contributed by atoms with Gasteiger partial charge in [0, 0.05) is 16.1 Å². The van der Waals surface area contributed by atoms with Gasteiger partial charge in [0.2, 0.25) is 0 Å². The Hall–Kier alpha value is 1.30. The van der Waals surface area contributed by atoms with E-state index in [0.717, 1.165) is 19.3 Å². The average Bonchev–Trinajstić information content (AvgIpc) is 2.53. The minimum Gasteiger partial charge on any atom is -0.123 e. The van der Waals surface area contributed by atoms with Crippen molar-refractivity contribution in [1.82, 2.24) is 0 Å². The molecule has 3 unspecified atom stereocenters. The number of hydrogen-bond acceptors (Lipinski definition) is 0. The molecule has 0 fully saturated rings. The van der Waals surface area contributed by atoms with Gasteiger partial charge in [-0.25, -0.2) is 0 Å². The molecule has 0 nitrogen and oxygen atoms in total. The molecule has 0 heterocycles. The molecule has 0 aliphatic heterocycles. The average molecular weight is 390 g/mol. The first-order valence-corrected chi connectivity index (χ1v) is 12.4. The Morgan fingerprint density at radius 1 is 0.591 bits per heavy atom. The lowest BCUT2D eigenvalue weighted by molar-refractivity contribution is 0.696. The van der Waals surface area contributed by atoms with Crippen LogP contribution in [0.25, 0.3) is 0 Å². The second-order valence-corrected chi connectivity index (χ2v) is 10.8. The maximum Gasteiger partial charge on any atom is 0.0333 e. The molecule has 0 aliphatic rings. The first-order chi connectivity index (χ1) is 10.5. The zero-order valence-electron chi connectivity index (χ0n) is 14.8. The highest BCUT2D eigenvalue weighted by Gasteiger charge is 2.12. The Morgan fingerprint density at radius 2 is 0.864 bits per heavy atom. The van der Waals surface area contributed by atoms with Gasteiger partial charge >= 0.3 is 0 Å². The molecule has 0 aromatic rings. The van der Waals surface area contributed by atoms with Crippen molar-refractivity contribution >= 4 is 42.7 Å². The van der Waals surface area contributed by atoms with Crippen molar-refractivity contribution in [3.05, 3.63) is 0 Å². The van der Waals surface area contributed by atoms with Gasteiger partial charge in [0.15, 0.2) is 0 Å². The smallest absolute Gasteiger partial charge is 0.0333 e. The van der Waals surface area contributed by atoms with Gasteiger partial charge in [0.1, 0.15) is 0 Å². The van der Waals surface area contributed by atoms with Crippen LogP contribution in [0, 0.1) is 0 Å². The number of alkyl halides is 3. The molecule has 0 N–H and O–H groups in total. The van der Waals surface area contributed by atoms with Crippen LogP contribution < -0.4 is 0 Å². The molecule has 0 bridgehead atoms. The Labute approximate surface area is 155 Å². The van der Waals surface area contributed by atoms with Crippen LogP contribution in [0.3, 0.4) is 0 Å². The van der Waals surface area contributed by atoms with Crippen LogP contribution in [0.1, 0.15) is 78.6 Å². The molecule has 0 amide bonds. The van der Waals surface area contributed by atoms with Crippen LogP contribution in [-0.2, 0) is 0 Å². The Balaban J connectivity index is 4.01. The van der Waals surface area contributed by atoms with E-state index in [-0.39, 0.29) is 7.92 Å². The maximum absolute atomic E-state index is 6.25. The fourth-order valence-corrected chi connectivity index (χ4v) is 5.58. The Bertz CT molecular complexity index is 200. The topological polar surface area (TPSA) is 0 Å². The third-order valence-corrected chi connectivity index (χ3v) is 8.73. The van der Waals surface area contributed by atoms with Crippen LogP contribution in [0.15, 0.2) is 0 Å². The van der Waals surface area contributed by atoms with Crippen LogP contribution in [0.5, 0.6) is 0 Å². The van der Waals surface area contributed by atoms with Crippen LogP contribution in [-0.4, -0.2) is 34.6 Å². The number of hydrogen-bond donors (Lipinski definition) is 0. The molecule has 4 heteroatoms. The van der Waals surface area contributed by atoms with E-state index in [1.165, 1.54) is 57.0 Å². The van der Waals surface area contributed by atoms with Crippen molar-refractivity contribution in [2.45, 2.75) is 94.7 Å². The van der Waals surface area contributed by atoms with Crippen molar-refractivity contribution in [3.8, 4) is 0 Å². The highest BCUT2D eigenvalue weighted by Crippen LogP contribution is 2.40. The largest absolute Gasteiger partial charge is 0.123 e. The van der Waals surface area contributed by atoms with Gasteiger partial charge in [0.25, 0.3) is 0 Å². The third kappa shape index (κ3) is 13.7. The van der Waals surface area contributed by atoms with Gasteiger partial charge in [-0.15, -0.1) is 42.7 Å². The first kappa shape index (κ1) is 23.3. The molecule has 0 radical (unpaired) electrons. The maximum atomic E-state index is 6.25. The Morgan fingerprint density at radius 3 is 1.09 bits per heavy atom. The SMILES string of the molecule is CCC(Cl)CCCP(CCCC(Cl)CC)CCCC(Cl)CC. The van der Waals surface area contributed by atoms with E-state index in [2.05, 4.69) is 20.8 Å². The fraction of sp³-hybridized carbons (Fsp3) is 1.00. The summed E-state index contributed by atoms with van der Waals surface area (Å²) in [6.45, 7) is 6.53. The summed E-state index contributed by atoms with van der Waals surface area (Å²) < 4.78 is 0. The van der Waals surface area contributed by atoms with E-state index in [9.17, 15) is 0 Å². The summed E-state index contributed by atoms with van der Waals surface area (Å²) in [5, 5.41) is 1.12. The predicted octanol–water partition coefficient (Wildman–Crippen LogP) is 7.86. The van der Waals surface area contributed by atoms with Gasteiger partial charge in [-0.2, -0.15) is 0 Å². The molecule has 0 spiro atoms. The normalized spacial score (nSPS) is 17.2. The quantitative estimate of drug-likeness (QED) is 0.197. The monoisotopic (exact) mass is 388 g/mol. The van der Waals surface area contributed by atoms with E-state index in [1.54, 1.807) is 0 Å². The van der Waals surface area contributed by atoms with Gasteiger partial charge in [-0.1, -0.05) is 20.8 Å². The molecule has 0 rings (SSSR count). The van der Waals surface area contributed by atoms with E-state index in [0.29, 0.717) is 16.1 Å². The van der Waals surface area contributed by atoms with Gasteiger partial charge < -0.3 is 0 Å². The third-order valence-electron chi connectivity index (χ3n) is 4.30. The molecule has 0 aliphatic carbocycles. The van der Waals surface area contributed by atoms with Crippen molar-refractivity contribution < 1.29 is 0 Å². The van der Waals surface area contributed by atoms with E-state index >= 15 is 0 Å². The molecule has 0 saturated carbocycles. The van der Waals surface area contributed by atoms with Crippen molar-refractivity contribution in [2.75, 3.05) is 18.5 Å². The second-order valence-electron chi connectivity index (χ2n) is 6.28. The number of rotatable bonds is 15. The Kier molecular flexibility index (Phi) is 16.7. The fourth-order valence-electron chi connectivity index (χ4n) is 2.56. The lowest BCUT2D eigenvalue weighted by Crippen LogP contribution is -2.04. The molecule has 134 valence electrons. The first-order valence-electron chi connectivity index (χ1n) is 9.17. The van der Waals surface area contributed by atoms with E-state index in [1.807, 2.05) is 0 Å². The molecule has 0 aromatic heterocycles. The summed E-state index contributed by atoms with van der Waals surface area (Å²) >= 11 is 18.8. The van der Waals surface area contributed by atoms with Crippen molar-refractivity contribution in [1.29, 1.82) is 0 Å². The lowest BCUT2D eigenvalue weighted by Gasteiger charge is -2.19. The lowest BCUT2D eigenvalue weighted by atomic mass is 10.2. The molecular weight excluding hydrogens is 354 g/mol. The van der Waals surface area contributed by atoms with Gasteiger partial charge in [-0.3, -0.25) is 0 Å². The summed E-state index contributed by atoms with van der Waals surface area (Å²) in [4.78, 5) is 0. The van der Waals surface area contributed by atoms with Crippen molar-refractivity contribution in [2.24, 2.45) is 0 Å². The van der Waals surface area contributed by atoms with Crippen molar-refractivity contribution in [3.63, 3.8) is 0 Å². The van der Waals surface area contributed by atoms with Gasteiger partial charge in [0.05, 0.1) is 0 Å². The van der Waals surface area contributed by atoms with Crippen LogP contribution >= 0.6 is 42.7 Å². The summed E-state index contributed by atoms with van der Waals surface area (Å²) in [5.74, 6) is 0. The molecular formula is C18H36Cl3P.